The quantitative estimate of drug-likeness (QED) is 0.773. The summed E-state index contributed by atoms with van der Waals surface area (Å²) < 4.78 is 9.43. The molecule has 8 heteroatoms. The average molecular weight is 352 g/mol. The minimum atomic E-state index is -0.732. The van der Waals surface area contributed by atoms with Crippen molar-refractivity contribution < 1.29 is 23.9 Å². The van der Waals surface area contributed by atoms with Gasteiger partial charge in [0.25, 0.3) is 5.91 Å². The van der Waals surface area contributed by atoms with E-state index in [4.69, 9.17) is 9.47 Å². The molecule has 1 atom stereocenters. The zero-order valence-corrected chi connectivity index (χ0v) is 14.6. The van der Waals surface area contributed by atoms with Gasteiger partial charge in [0, 0.05) is 11.4 Å². The normalized spacial score (nSPS) is 19.1. The zero-order chi connectivity index (χ0) is 17.7. The number of rotatable bonds is 5. The summed E-state index contributed by atoms with van der Waals surface area (Å²) in [6.07, 6.45) is 0. The summed E-state index contributed by atoms with van der Waals surface area (Å²) in [6, 6.07) is 6.04. The Hall–Kier alpha value is -2.22. The summed E-state index contributed by atoms with van der Waals surface area (Å²) in [6.45, 7) is 3.17. The predicted molar refractivity (Wildman–Crippen MR) is 91.1 cm³/mol. The van der Waals surface area contributed by atoms with Crippen LogP contribution < -0.4 is 15.4 Å². The highest BCUT2D eigenvalue weighted by atomic mass is 32.2. The van der Waals surface area contributed by atoms with Gasteiger partial charge in [-0.25, -0.2) is 4.79 Å². The van der Waals surface area contributed by atoms with Crippen LogP contribution in [0.25, 0.3) is 0 Å². The van der Waals surface area contributed by atoms with Crippen molar-refractivity contribution in [3.8, 4) is 5.75 Å². The van der Waals surface area contributed by atoms with Crippen molar-refractivity contribution in [3.63, 3.8) is 0 Å². The third kappa shape index (κ3) is 4.64. The van der Waals surface area contributed by atoms with Crippen LogP contribution in [0.1, 0.15) is 13.8 Å². The first-order valence-corrected chi connectivity index (χ1v) is 8.36. The number of esters is 1. The van der Waals surface area contributed by atoms with Crippen molar-refractivity contribution in [1.82, 2.24) is 5.32 Å². The smallest absolute Gasteiger partial charge is 0.330 e. The molecule has 0 aromatic heterocycles. The molecule has 2 amide bonds. The van der Waals surface area contributed by atoms with Gasteiger partial charge in [0.15, 0.2) is 6.61 Å². The molecule has 1 saturated heterocycles. The molecule has 1 aliphatic heterocycles. The average Bonchev–Trinajstić information content (AvgIpc) is 2.56. The molecular formula is C16H20N2O5S. The predicted octanol–water partition coefficient (Wildman–Crippen LogP) is 1.19. The van der Waals surface area contributed by atoms with Gasteiger partial charge in [-0.05, 0) is 38.1 Å². The van der Waals surface area contributed by atoms with E-state index in [1.807, 2.05) is 0 Å². The van der Waals surface area contributed by atoms with E-state index in [9.17, 15) is 14.4 Å². The maximum absolute atomic E-state index is 11.9. The molecule has 1 aromatic carbocycles. The van der Waals surface area contributed by atoms with E-state index in [-0.39, 0.29) is 5.91 Å². The second-order valence-electron chi connectivity index (χ2n) is 5.73. The molecule has 0 radical (unpaired) electrons. The number of anilines is 1. The SMILES string of the molecule is COc1ccc(NC(=O)COC(=O)C2CSC(C)(C)C(=O)N2)cc1. The molecule has 0 bridgehead atoms. The Balaban J connectivity index is 1.79. The van der Waals surface area contributed by atoms with Crippen LogP contribution in [0.5, 0.6) is 5.75 Å². The number of carbonyl (C=O) groups is 3. The third-order valence-corrected chi connectivity index (χ3v) is 4.87. The molecule has 1 aromatic rings. The van der Waals surface area contributed by atoms with Crippen LogP contribution >= 0.6 is 11.8 Å². The standard InChI is InChI=1S/C16H20N2O5S/c1-16(2)15(21)18-12(9-24-16)14(20)23-8-13(19)17-10-4-6-11(22-3)7-5-10/h4-7,12H,8-9H2,1-3H3,(H,17,19)(H,18,21). The van der Waals surface area contributed by atoms with Crippen LogP contribution in [0, 0.1) is 0 Å². The first-order chi connectivity index (χ1) is 11.3. The molecule has 0 spiro atoms. The molecule has 7 nitrogen and oxygen atoms in total. The summed E-state index contributed by atoms with van der Waals surface area (Å²) in [4.78, 5) is 35.6. The highest BCUT2D eigenvalue weighted by Crippen LogP contribution is 2.29. The molecular weight excluding hydrogens is 332 g/mol. The minimum Gasteiger partial charge on any atom is -0.497 e. The van der Waals surface area contributed by atoms with E-state index in [0.29, 0.717) is 17.2 Å². The highest BCUT2D eigenvalue weighted by Gasteiger charge is 2.38. The van der Waals surface area contributed by atoms with Gasteiger partial charge >= 0.3 is 5.97 Å². The highest BCUT2D eigenvalue weighted by molar-refractivity contribution is 8.01. The zero-order valence-electron chi connectivity index (χ0n) is 13.8. The largest absolute Gasteiger partial charge is 0.497 e. The number of thioether (sulfide) groups is 1. The molecule has 24 heavy (non-hydrogen) atoms. The second kappa shape index (κ2) is 7.57. The first-order valence-electron chi connectivity index (χ1n) is 7.37. The van der Waals surface area contributed by atoms with Gasteiger partial charge in [-0.2, -0.15) is 0 Å². The number of hydrogen-bond donors (Lipinski definition) is 2. The van der Waals surface area contributed by atoms with Crippen molar-refractivity contribution in [2.75, 3.05) is 24.8 Å². The summed E-state index contributed by atoms with van der Waals surface area (Å²) in [7, 11) is 1.55. The number of nitrogens with one attached hydrogen (secondary N) is 2. The fourth-order valence-electron chi connectivity index (χ4n) is 1.97. The Morgan fingerprint density at radius 2 is 2.00 bits per heavy atom. The molecule has 130 valence electrons. The molecule has 1 aliphatic rings. The van der Waals surface area contributed by atoms with Crippen molar-refractivity contribution in [3.05, 3.63) is 24.3 Å². The number of hydrogen-bond acceptors (Lipinski definition) is 6. The molecule has 0 aliphatic carbocycles. The lowest BCUT2D eigenvalue weighted by atomic mass is 10.1. The van der Waals surface area contributed by atoms with Gasteiger partial charge in [0.05, 0.1) is 11.9 Å². The maximum Gasteiger partial charge on any atom is 0.330 e. The lowest BCUT2D eigenvalue weighted by molar-refractivity contribution is -0.150. The van der Waals surface area contributed by atoms with E-state index in [1.54, 1.807) is 45.2 Å². The van der Waals surface area contributed by atoms with Gasteiger partial charge in [-0.15, -0.1) is 11.8 Å². The lowest BCUT2D eigenvalue weighted by Gasteiger charge is -2.32. The number of methoxy groups -OCH3 is 1. The van der Waals surface area contributed by atoms with Crippen molar-refractivity contribution in [2.24, 2.45) is 0 Å². The van der Waals surface area contributed by atoms with Crippen molar-refractivity contribution in [2.45, 2.75) is 24.6 Å². The van der Waals surface area contributed by atoms with Gasteiger partial charge in [0.2, 0.25) is 5.91 Å². The second-order valence-corrected chi connectivity index (χ2v) is 7.37. The van der Waals surface area contributed by atoms with Gasteiger partial charge in [-0.3, -0.25) is 9.59 Å². The lowest BCUT2D eigenvalue weighted by Crippen LogP contribution is -2.55. The molecule has 1 heterocycles. The summed E-state index contributed by atoms with van der Waals surface area (Å²) in [5.41, 5.74) is 0.570. The van der Waals surface area contributed by atoms with E-state index < -0.39 is 29.3 Å². The Morgan fingerprint density at radius 3 is 2.58 bits per heavy atom. The maximum atomic E-state index is 11.9. The van der Waals surface area contributed by atoms with Crippen LogP contribution in [-0.4, -0.2) is 48.0 Å². The fourth-order valence-corrected chi connectivity index (χ4v) is 2.96. The monoisotopic (exact) mass is 352 g/mol. The van der Waals surface area contributed by atoms with E-state index in [2.05, 4.69) is 10.6 Å². The molecule has 1 fully saturated rings. The topological polar surface area (TPSA) is 93.7 Å². The van der Waals surface area contributed by atoms with Gasteiger partial charge in [-0.1, -0.05) is 0 Å². The Labute approximate surface area is 144 Å². The Morgan fingerprint density at radius 1 is 1.33 bits per heavy atom. The van der Waals surface area contributed by atoms with Crippen LogP contribution in [0.15, 0.2) is 24.3 Å². The summed E-state index contributed by atoms with van der Waals surface area (Å²) in [5.74, 6) is -0.200. The van der Waals surface area contributed by atoms with Crippen LogP contribution in [-0.2, 0) is 19.1 Å². The third-order valence-electron chi connectivity index (χ3n) is 3.47. The van der Waals surface area contributed by atoms with Crippen LogP contribution in [0.3, 0.4) is 0 Å². The van der Waals surface area contributed by atoms with E-state index in [0.717, 1.165) is 0 Å². The van der Waals surface area contributed by atoms with E-state index in [1.165, 1.54) is 11.8 Å². The minimum absolute atomic E-state index is 0.219. The molecule has 1 unspecified atom stereocenters. The Bertz CT molecular complexity index is 630. The fraction of sp³-hybridized carbons (Fsp3) is 0.438. The number of amides is 2. The van der Waals surface area contributed by atoms with Crippen molar-refractivity contribution >= 4 is 35.2 Å². The van der Waals surface area contributed by atoms with Gasteiger partial charge in [0.1, 0.15) is 11.8 Å². The number of benzene rings is 1. The molecule has 2 N–H and O–H groups in total. The van der Waals surface area contributed by atoms with Crippen molar-refractivity contribution in [1.29, 1.82) is 0 Å². The van der Waals surface area contributed by atoms with E-state index >= 15 is 0 Å². The first kappa shape index (κ1) is 18.1. The molecule has 0 saturated carbocycles. The number of ether oxygens (including phenoxy) is 2. The Kier molecular flexibility index (Phi) is 5.71. The summed E-state index contributed by atoms with van der Waals surface area (Å²) >= 11 is 1.38. The number of carbonyl (C=O) groups excluding carboxylic acids is 3. The van der Waals surface area contributed by atoms with Crippen LogP contribution in [0.4, 0.5) is 5.69 Å². The van der Waals surface area contributed by atoms with Crippen LogP contribution in [0.2, 0.25) is 0 Å². The molecule has 2 rings (SSSR count). The summed E-state index contributed by atoms with van der Waals surface area (Å²) in [5, 5.41) is 5.22. The van der Waals surface area contributed by atoms with Gasteiger partial charge < -0.3 is 20.1 Å².